The molecule has 1 saturated heterocycles. The van der Waals surface area contributed by atoms with Gasteiger partial charge in [0.25, 0.3) is 0 Å². The Morgan fingerprint density at radius 3 is 2.56 bits per heavy atom. The molecule has 5 nitrogen and oxygen atoms in total. The lowest BCUT2D eigenvalue weighted by molar-refractivity contribution is 0.0243. The van der Waals surface area contributed by atoms with Crippen LogP contribution in [0.4, 0.5) is 0 Å². The smallest absolute Gasteiger partial charge is 0.191 e. The van der Waals surface area contributed by atoms with Crippen molar-refractivity contribution < 1.29 is 4.74 Å². The van der Waals surface area contributed by atoms with Crippen LogP contribution >= 0.6 is 24.0 Å². The molecular weight excluding hydrogens is 451 g/mol. The van der Waals surface area contributed by atoms with Crippen molar-refractivity contribution in [2.75, 3.05) is 32.8 Å². The van der Waals surface area contributed by atoms with Gasteiger partial charge >= 0.3 is 0 Å². The van der Waals surface area contributed by atoms with E-state index in [-0.39, 0.29) is 29.6 Å². The van der Waals surface area contributed by atoms with Crippen molar-refractivity contribution in [2.45, 2.75) is 59.2 Å². The minimum Gasteiger partial charge on any atom is -0.373 e. The van der Waals surface area contributed by atoms with Crippen LogP contribution in [-0.4, -0.2) is 49.2 Å². The van der Waals surface area contributed by atoms with Crippen molar-refractivity contribution >= 4 is 29.9 Å². The lowest BCUT2D eigenvalue weighted by Gasteiger charge is -2.24. The zero-order valence-corrected chi connectivity index (χ0v) is 19.7. The van der Waals surface area contributed by atoms with Gasteiger partial charge in [-0.3, -0.25) is 4.90 Å². The summed E-state index contributed by atoms with van der Waals surface area (Å²) in [5.41, 5.74) is 2.53. The highest BCUT2D eigenvalue weighted by Crippen LogP contribution is 2.23. The second-order valence-corrected chi connectivity index (χ2v) is 7.23. The lowest BCUT2D eigenvalue weighted by atomic mass is 10.0. The average molecular weight is 488 g/mol. The monoisotopic (exact) mass is 488 g/mol. The molecule has 0 bridgehead atoms. The lowest BCUT2D eigenvalue weighted by Crippen LogP contribution is -2.45. The van der Waals surface area contributed by atoms with Crippen molar-refractivity contribution in [1.82, 2.24) is 15.5 Å². The van der Waals surface area contributed by atoms with Crippen LogP contribution in [0, 0.1) is 0 Å². The van der Waals surface area contributed by atoms with Crippen LogP contribution in [0.2, 0.25) is 0 Å². The summed E-state index contributed by atoms with van der Waals surface area (Å²) in [6.07, 6.45) is 2.25. The first-order chi connectivity index (χ1) is 12.6. The maximum absolute atomic E-state index is 5.86. The Morgan fingerprint density at radius 1 is 1.19 bits per heavy atom. The zero-order chi connectivity index (χ0) is 18.8. The molecular formula is C21H37IN4O. The van der Waals surface area contributed by atoms with E-state index in [1.807, 2.05) is 0 Å². The Balaban J connectivity index is 0.00000364. The molecule has 1 aliphatic rings. The predicted molar refractivity (Wildman–Crippen MR) is 125 cm³/mol. The minimum atomic E-state index is -0.0696. The summed E-state index contributed by atoms with van der Waals surface area (Å²) in [5.74, 6) is 0.860. The standard InChI is InChI=1S/C21H36N4O.HI/c1-5-22-20(24-17-21(4)12-9-13-26-21)23-15-18-10-8-11-19(14-18)16-25(6-2)7-3;/h8,10-11,14H,5-7,9,12-13,15-17H2,1-4H3,(H2,22,23,24);1H. The first kappa shape index (κ1) is 24.2. The van der Waals surface area contributed by atoms with Crippen LogP contribution in [0.5, 0.6) is 0 Å². The molecule has 0 spiro atoms. The maximum atomic E-state index is 5.86. The highest BCUT2D eigenvalue weighted by atomic mass is 127. The van der Waals surface area contributed by atoms with Crippen LogP contribution in [0.3, 0.4) is 0 Å². The zero-order valence-electron chi connectivity index (χ0n) is 17.4. The summed E-state index contributed by atoms with van der Waals surface area (Å²) < 4.78 is 5.86. The third-order valence-electron chi connectivity index (χ3n) is 4.99. The summed E-state index contributed by atoms with van der Waals surface area (Å²) in [4.78, 5) is 7.19. The Morgan fingerprint density at radius 2 is 1.93 bits per heavy atom. The van der Waals surface area contributed by atoms with Gasteiger partial charge in [-0.15, -0.1) is 24.0 Å². The summed E-state index contributed by atoms with van der Waals surface area (Å²) in [7, 11) is 0. The SMILES string of the molecule is CCNC(=NCc1cccc(CN(CC)CC)c1)NCC1(C)CCCO1.I. The number of nitrogens with zero attached hydrogens (tertiary/aromatic N) is 2. The van der Waals surface area contributed by atoms with Crippen LogP contribution in [0.1, 0.15) is 51.7 Å². The first-order valence-corrected chi connectivity index (χ1v) is 10.0. The average Bonchev–Trinajstić information content (AvgIpc) is 3.09. The van der Waals surface area contributed by atoms with Gasteiger partial charge in [-0.25, -0.2) is 4.99 Å². The fourth-order valence-electron chi connectivity index (χ4n) is 3.29. The highest BCUT2D eigenvalue weighted by molar-refractivity contribution is 14.0. The molecule has 1 atom stereocenters. The van der Waals surface area contributed by atoms with Crippen molar-refractivity contribution in [3.8, 4) is 0 Å². The number of benzene rings is 1. The van der Waals surface area contributed by atoms with Crippen LogP contribution < -0.4 is 10.6 Å². The number of hydrogen-bond donors (Lipinski definition) is 2. The van der Waals surface area contributed by atoms with E-state index in [1.54, 1.807) is 0 Å². The largest absolute Gasteiger partial charge is 0.373 e. The second-order valence-electron chi connectivity index (χ2n) is 7.23. The number of rotatable bonds is 9. The first-order valence-electron chi connectivity index (χ1n) is 10.0. The Kier molecular flexibility index (Phi) is 11.3. The molecule has 1 aromatic carbocycles. The van der Waals surface area contributed by atoms with Crippen molar-refractivity contribution in [1.29, 1.82) is 0 Å². The molecule has 2 N–H and O–H groups in total. The van der Waals surface area contributed by atoms with E-state index in [4.69, 9.17) is 9.73 Å². The van der Waals surface area contributed by atoms with Crippen molar-refractivity contribution in [3.63, 3.8) is 0 Å². The van der Waals surface area contributed by atoms with Gasteiger partial charge in [0.15, 0.2) is 5.96 Å². The van der Waals surface area contributed by atoms with Gasteiger partial charge in [-0.2, -0.15) is 0 Å². The molecule has 1 aliphatic heterocycles. The number of hydrogen-bond acceptors (Lipinski definition) is 3. The van der Waals surface area contributed by atoms with E-state index >= 15 is 0 Å². The van der Waals surface area contributed by atoms with Gasteiger partial charge < -0.3 is 15.4 Å². The molecule has 0 radical (unpaired) electrons. The molecule has 1 aromatic rings. The predicted octanol–water partition coefficient (Wildman–Crippen LogP) is 3.77. The Hall–Kier alpha value is -0.860. The van der Waals surface area contributed by atoms with Crippen LogP contribution in [0.15, 0.2) is 29.3 Å². The molecule has 1 unspecified atom stereocenters. The van der Waals surface area contributed by atoms with Gasteiger partial charge in [0.05, 0.1) is 12.1 Å². The number of guanidine groups is 1. The molecule has 0 aliphatic carbocycles. The van der Waals surface area contributed by atoms with E-state index in [0.29, 0.717) is 6.54 Å². The molecule has 0 saturated carbocycles. The topological polar surface area (TPSA) is 48.9 Å². The van der Waals surface area contributed by atoms with Crippen molar-refractivity contribution in [2.24, 2.45) is 4.99 Å². The summed E-state index contributed by atoms with van der Waals surface area (Å²) in [6, 6.07) is 8.76. The third-order valence-corrected chi connectivity index (χ3v) is 4.99. The summed E-state index contributed by atoms with van der Waals surface area (Å²) in [5, 5.41) is 6.78. The quantitative estimate of drug-likeness (QED) is 0.316. The van der Waals surface area contributed by atoms with Crippen LogP contribution in [0.25, 0.3) is 0 Å². The Labute approximate surface area is 182 Å². The van der Waals surface area contributed by atoms with Crippen LogP contribution in [-0.2, 0) is 17.8 Å². The molecule has 0 aromatic heterocycles. The minimum absolute atomic E-state index is 0. The fourth-order valence-corrected chi connectivity index (χ4v) is 3.29. The van der Waals surface area contributed by atoms with Gasteiger partial charge in [0.1, 0.15) is 0 Å². The van der Waals surface area contributed by atoms with Gasteiger partial charge in [0.2, 0.25) is 0 Å². The molecule has 1 fully saturated rings. The van der Waals surface area contributed by atoms with Gasteiger partial charge in [0, 0.05) is 26.2 Å². The molecule has 27 heavy (non-hydrogen) atoms. The fraction of sp³-hybridized carbons (Fsp3) is 0.667. The number of halogens is 1. The normalized spacial score (nSPS) is 19.8. The third kappa shape index (κ3) is 8.35. The van der Waals surface area contributed by atoms with Gasteiger partial charge in [-0.1, -0.05) is 38.1 Å². The molecule has 0 amide bonds. The second kappa shape index (κ2) is 12.6. The number of nitrogens with one attached hydrogen (secondary N) is 2. The van der Waals surface area contributed by atoms with E-state index in [2.05, 4.69) is 67.5 Å². The van der Waals surface area contributed by atoms with E-state index in [1.165, 1.54) is 11.1 Å². The number of aliphatic imine (C=N–C) groups is 1. The van der Waals surface area contributed by atoms with Crippen molar-refractivity contribution in [3.05, 3.63) is 35.4 Å². The van der Waals surface area contributed by atoms with E-state index in [0.717, 1.165) is 58.1 Å². The molecule has 1 heterocycles. The Bertz CT molecular complexity index is 569. The van der Waals surface area contributed by atoms with E-state index < -0.39 is 0 Å². The molecule has 6 heteroatoms. The van der Waals surface area contributed by atoms with Gasteiger partial charge in [-0.05, 0) is 50.9 Å². The summed E-state index contributed by atoms with van der Waals surface area (Å²) in [6.45, 7) is 15.0. The maximum Gasteiger partial charge on any atom is 0.191 e. The highest BCUT2D eigenvalue weighted by Gasteiger charge is 2.29. The number of ether oxygens (including phenoxy) is 1. The molecule has 154 valence electrons. The van der Waals surface area contributed by atoms with E-state index in [9.17, 15) is 0 Å². The molecule has 2 rings (SSSR count). The summed E-state index contributed by atoms with van der Waals surface area (Å²) >= 11 is 0.